The van der Waals surface area contributed by atoms with E-state index in [1.807, 2.05) is 13.8 Å². The van der Waals surface area contributed by atoms with E-state index in [9.17, 15) is 9.59 Å². The Morgan fingerprint density at radius 2 is 1.94 bits per heavy atom. The van der Waals surface area contributed by atoms with Crippen LogP contribution in [-0.4, -0.2) is 54.1 Å². The summed E-state index contributed by atoms with van der Waals surface area (Å²) in [5.41, 5.74) is 0. The number of unbranched alkanes of at least 4 members (excludes halogenated alkanes) is 1. The summed E-state index contributed by atoms with van der Waals surface area (Å²) in [5, 5.41) is 22.0. The molecule has 0 aromatic heterocycles. The summed E-state index contributed by atoms with van der Waals surface area (Å²) in [7, 11) is 0. The molecule has 0 spiro atoms. The van der Waals surface area contributed by atoms with Gasteiger partial charge in [-0.05, 0) is 26.7 Å². The number of carbonyl (C=O) groups excluding carboxylic acids is 1. The summed E-state index contributed by atoms with van der Waals surface area (Å²) in [6.07, 6.45) is 1.76. The van der Waals surface area contributed by atoms with Gasteiger partial charge in [0.1, 0.15) is 0 Å². The largest absolute Gasteiger partial charge is 0.480 e. The Morgan fingerprint density at radius 1 is 1.28 bits per heavy atom. The smallest absolute Gasteiger partial charge is 0.328 e. The molecular formula is C11H22N2O5. The van der Waals surface area contributed by atoms with Gasteiger partial charge in [0.2, 0.25) is 0 Å². The number of carbonyl (C=O) groups is 2. The number of hydrogen-bond acceptors (Lipinski definition) is 4. The van der Waals surface area contributed by atoms with E-state index in [0.717, 1.165) is 12.8 Å². The fourth-order valence-corrected chi connectivity index (χ4v) is 1.14. The van der Waals surface area contributed by atoms with Gasteiger partial charge in [-0.1, -0.05) is 0 Å². The fourth-order valence-electron chi connectivity index (χ4n) is 1.14. The van der Waals surface area contributed by atoms with Gasteiger partial charge in [-0.25, -0.2) is 9.59 Å². The number of carboxylic acids is 1. The minimum absolute atomic E-state index is 0.196. The quantitative estimate of drug-likeness (QED) is 0.435. The Morgan fingerprint density at radius 3 is 2.44 bits per heavy atom. The van der Waals surface area contributed by atoms with Crippen molar-refractivity contribution in [2.75, 3.05) is 19.8 Å². The Labute approximate surface area is 107 Å². The lowest BCUT2D eigenvalue weighted by molar-refractivity contribution is -0.140. The van der Waals surface area contributed by atoms with E-state index in [2.05, 4.69) is 10.6 Å². The molecule has 0 rings (SSSR count). The van der Waals surface area contributed by atoms with Gasteiger partial charge in [-0.2, -0.15) is 0 Å². The third-order valence-electron chi connectivity index (χ3n) is 2.09. The molecule has 0 radical (unpaired) electrons. The van der Waals surface area contributed by atoms with Crippen LogP contribution in [0.15, 0.2) is 0 Å². The fraction of sp³-hybridized carbons (Fsp3) is 0.818. The SMILES string of the molecule is CC(C)OCCCCNC(=O)N[C@H](CO)C(=O)O. The Kier molecular flexibility index (Phi) is 8.95. The first-order valence-electron chi connectivity index (χ1n) is 5.97. The highest BCUT2D eigenvalue weighted by Crippen LogP contribution is 1.93. The molecule has 1 atom stereocenters. The van der Waals surface area contributed by atoms with E-state index in [4.69, 9.17) is 14.9 Å². The van der Waals surface area contributed by atoms with Gasteiger partial charge in [0.25, 0.3) is 0 Å². The molecular weight excluding hydrogens is 240 g/mol. The van der Waals surface area contributed by atoms with Gasteiger partial charge in [0.15, 0.2) is 6.04 Å². The Balaban J connectivity index is 3.56. The average Bonchev–Trinajstić information content (AvgIpc) is 2.29. The third-order valence-corrected chi connectivity index (χ3v) is 2.09. The van der Waals surface area contributed by atoms with Crippen molar-refractivity contribution in [1.29, 1.82) is 0 Å². The lowest BCUT2D eigenvalue weighted by Gasteiger charge is -2.12. The monoisotopic (exact) mass is 262 g/mol. The van der Waals surface area contributed by atoms with Gasteiger partial charge in [0, 0.05) is 13.2 Å². The number of aliphatic hydroxyl groups is 1. The highest BCUT2D eigenvalue weighted by atomic mass is 16.5. The second kappa shape index (κ2) is 9.67. The molecule has 0 fully saturated rings. The van der Waals surface area contributed by atoms with E-state index in [1.54, 1.807) is 0 Å². The van der Waals surface area contributed by atoms with E-state index >= 15 is 0 Å². The maximum atomic E-state index is 11.2. The molecule has 0 heterocycles. The molecule has 0 unspecified atom stereocenters. The molecule has 7 heteroatoms. The van der Waals surface area contributed by atoms with Crippen LogP contribution >= 0.6 is 0 Å². The summed E-state index contributed by atoms with van der Waals surface area (Å²) in [4.78, 5) is 21.8. The molecule has 0 saturated carbocycles. The van der Waals surface area contributed by atoms with Crippen molar-refractivity contribution in [3.05, 3.63) is 0 Å². The van der Waals surface area contributed by atoms with Crippen LogP contribution in [0, 0.1) is 0 Å². The van der Waals surface area contributed by atoms with Crippen LogP contribution in [-0.2, 0) is 9.53 Å². The first kappa shape index (κ1) is 16.7. The van der Waals surface area contributed by atoms with Crippen LogP contribution in [0.25, 0.3) is 0 Å². The number of hydrogen-bond donors (Lipinski definition) is 4. The zero-order chi connectivity index (χ0) is 14.0. The molecule has 4 N–H and O–H groups in total. The van der Waals surface area contributed by atoms with Gasteiger partial charge < -0.3 is 25.6 Å². The van der Waals surface area contributed by atoms with Crippen molar-refractivity contribution >= 4 is 12.0 Å². The summed E-state index contributed by atoms with van der Waals surface area (Å²) in [5.74, 6) is -1.27. The van der Waals surface area contributed by atoms with Gasteiger partial charge in [0.05, 0.1) is 12.7 Å². The van der Waals surface area contributed by atoms with Gasteiger partial charge in [-0.15, -0.1) is 0 Å². The van der Waals surface area contributed by atoms with Gasteiger partial charge in [-0.3, -0.25) is 0 Å². The summed E-state index contributed by atoms with van der Waals surface area (Å²) in [6.45, 7) is 4.34. The normalized spacial score (nSPS) is 12.2. The number of urea groups is 1. The highest BCUT2D eigenvalue weighted by Gasteiger charge is 2.17. The third kappa shape index (κ3) is 8.77. The van der Waals surface area contributed by atoms with Crippen molar-refractivity contribution in [2.24, 2.45) is 0 Å². The summed E-state index contributed by atoms with van der Waals surface area (Å²) < 4.78 is 5.32. The maximum absolute atomic E-state index is 11.2. The maximum Gasteiger partial charge on any atom is 0.328 e. The molecule has 106 valence electrons. The van der Waals surface area contributed by atoms with Crippen LogP contribution in [0.1, 0.15) is 26.7 Å². The van der Waals surface area contributed by atoms with Crippen molar-refractivity contribution in [3.63, 3.8) is 0 Å². The van der Waals surface area contributed by atoms with Crippen LogP contribution in [0.2, 0.25) is 0 Å². The van der Waals surface area contributed by atoms with E-state index in [-0.39, 0.29) is 6.10 Å². The molecule has 0 aromatic carbocycles. The zero-order valence-corrected chi connectivity index (χ0v) is 10.8. The molecule has 0 aromatic rings. The lowest BCUT2D eigenvalue weighted by Crippen LogP contribution is -2.48. The predicted molar refractivity (Wildman–Crippen MR) is 65.4 cm³/mol. The molecule has 7 nitrogen and oxygen atoms in total. The van der Waals surface area contributed by atoms with Crippen molar-refractivity contribution in [3.8, 4) is 0 Å². The summed E-state index contributed by atoms with van der Waals surface area (Å²) in [6, 6.07) is -1.87. The first-order chi connectivity index (χ1) is 8.47. The van der Waals surface area contributed by atoms with Crippen molar-refractivity contribution < 1.29 is 24.5 Å². The lowest BCUT2D eigenvalue weighted by atomic mass is 10.3. The number of aliphatic hydroxyl groups excluding tert-OH is 1. The second-order valence-electron chi connectivity index (χ2n) is 4.10. The topological polar surface area (TPSA) is 108 Å². The number of carboxylic acid groups (broad SMARTS) is 1. The standard InChI is InChI=1S/C11H22N2O5/c1-8(2)18-6-4-3-5-12-11(17)13-9(7-14)10(15)16/h8-9,14H,3-7H2,1-2H3,(H,15,16)(H2,12,13,17)/t9-/m1/s1. The molecule has 0 aliphatic heterocycles. The van der Waals surface area contributed by atoms with Crippen LogP contribution in [0.3, 0.4) is 0 Å². The highest BCUT2D eigenvalue weighted by molar-refractivity contribution is 5.82. The molecule has 0 aliphatic carbocycles. The zero-order valence-electron chi connectivity index (χ0n) is 10.8. The second-order valence-corrected chi connectivity index (χ2v) is 4.10. The Hall–Kier alpha value is -1.34. The number of amides is 2. The summed E-state index contributed by atoms with van der Waals surface area (Å²) >= 11 is 0. The number of ether oxygens (including phenoxy) is 1. The molecule has 2 amide bonds. The van der Waals surface area contributed by atoms with Gasteiger partial charge >= 0.3 is 12.0 Å². The molecule has 0 aliphatic rings. The number of nitrogens with one attached hydrogen (secondary N) is 2. The first-order valence-corrected chi connectivity index (χ1v) is 5.97. The molecule has 18 heavy (non-hydrogen) atoms. The van der Waals surface area contributed by atoms with Crippen LogP contribution in [0.4, 0.5) is 4.79 Å². The molecule has 0 bridgehead atoms. The predicted octanol–water partition coefficient (Wildman–Crippen LogP) is -0.0637. The van der Waals surface area contributed by atoms with Crippen molar-refractivity contribution in [1.82, 2.24) is 10.6 Å². The number of aliphatic carboxylic acids is 1. The minimum Gasteiger partial charge on any atom is -0.480 e. The minimum atomic E-state index is -1.27. The number of rotatable bonds is 9. The van der Waals surface area contributed by atoms with E-state index in [0.29, 0.717) is 13.2 Å². The van der Waals surface area contributed by atoms with E-state index < -0.39 is 24.6 Å². The van der Waals surface area contributed by atoms with Crippen LogP contribution < -0.4 is 10.6 Å². The average molecular weight is 262 g/mol. The Bertz CT molecular complexity index is 258. The molecule has 0 saturated heterocycles. The van der Waals surface area contributed by atoms with Crippen LogP contribution in [0.5, 0.6) is 0 Å². The van der Waals surface area contributed by atoms with Crippen molar-refractivity contribution in [2.45, 2.75) is 38.8 Å². The van der Waals surface area contributed by atoms with E-state index in [1.165, 1.54) is 0 Å².